The van der Waals surface area contributed by atoms with Crippen LogP contribution >= 0.6 is 0 Å². The zero-order chi connectivity index (χ0) is 18.5. The fraction of sp³-hybridized carbons (Fsp3) is 0.429. The number of nitrogens with two attached hydrogens (primary N) is 1. The van der Waals surface area contributed by atoms with Gasteiger partial charge in [-0.1, -0.05) is 19.9 Å². The highest BCUT2D eigenvalue weighted by atomic mass is 16.5. The van der Waals surface area contributed by atoms with Crippen LogP contribution < -0.4 is 15.8 Å². The van der Waals surface area contributed by atoms with Crippen LogP contribution in [0.2, 0.25) is 0 Å². The number of aromatic nitrogens is 1. The summed E-state index contributed by atoms with van der Waals surface area (Å²) in [5.41, 5.74) is 8.42. The van der Waals surface area contributed by atoms with Crippen molar-refractivity contribution in [2.75, 3.05) is 13.1 Å². The molecular formula is C21H27N3O2. The summed E-state index contributed by atoms with van der Waals surface area (Å²) in [6, 6.07) is 7.85. The maximum absolute atomic E-state index is 11.5. The molecule has 1 aliphatic rings. The van der Waals surface area contributed by atoms with Crippen molar-refractivity contribution in [2.24, 2.45) is 11.7 Å². The number of benzene rings is 1. The molecule has 3 N–H and O–H groups in total. The molecule has 1 atom stereocenters. The third-order valence-corrected chi connectivity index (χ3v) is 4.88. The molecule has 1 aromatic heterocycles. The average Bonchev–Trinajstić information content (AvgIpc) is 3.01. The fourth-order valence-corrected chi connectivity index (χ4v) is 3.39. The van der Waals surface area contributed by atoms with E-state index in [0.29, 0.717) is 17.2 Å². The molecule has 2 aromatic rings. The molecule has 0 spiro atoms. The first-order valence-electron chi connectivity index (χ1n) is 9.29. The second-order valence-electron chi connectivity index (χ2n) is 7.32. The molecule has 0 saturated carbocycles. The van der Waals surface area contributed by atoms with E-state index < -0.39 is 5.91 Å². The predicted octanol–water partition coefficient (Wildman–Crippen LogP) is 3.64. The van der Waals surface area contributed by atoms with Crippen LogP contribution in [0.4, 0.5) is 0 Å². The summed E-state index contributed by atoms with van der Waals surface area (Å²) in [5.74, 6) is 1.86. The lowest BCUT2D eigenvalue weighted by Gasteiger charge is -2.15. The molecule has 5 heteroatoms. The first kappa shape index (κ1) is 18.4. The van der Waals surface area contributed by atoms with Crippen LogP contribution in [-0.4, -0.2) is 24.0 Å². The van der Waals surface area contributed by atoms with Gasteiger partial charge in [0.2, 0.25) is 0 Å². The predicted molar refractivity (Wildman–Crippen MR) is 103 cm³/mol. The van der Waals surface area contributed by atoms with Gasteiger partial charge in [0.1, 0.15) is 17.1 Å². The van der Waals surface area contributed by atoms with Gasteiger partial charge in [0, 0.05) is 18.9 Å². The van der Waals surface area contributed by atoms with Gasteiger partial charge in [-0.15, -0.1) is 0 Å². The number of hydrogen-bond donors (Lipinski definition) is 2. The van der Waals surface area contributed by atoms with E-state index in [-0.39, 0.29) is 0 Å². The molecule has 0 saturated heterocycles. The quantitative estimate of drug-likeness (QED) is 0.710. The minimum atomic E-state index is -0.540. The van der Waals surface area contributed by atoms with Crippen molar-refractivity contribution in [2.45, 2.75) is 39.0 Å². The summed E-state index contributed by atoms with van der Waals surface area (Å²) in [7, 11) is 0. The van der Waals surface area contributed by atoms with Gasteiger partial charge in [-0.2, -0.15) is 0 Å². The first-order valence-corrected chi connectivity index (χ1v) is 9.29. The van der Waals surface area contributed by atoms with E-state index in [2.05, 4.69) is 36.3 Å². The van der Waals surface area contributed by atoms with E-state index in [1.54, 1.807) is 12.3 Å². The Labute approximate surface area is 155 Å². The standard InChI is InChI=1S/C21H27N3O2/c1-14(2)7-9-23-12-16-4-3-15-5-6-17(11-18(15)16)26-20-8-10-24-13-19(20)21(22)25/h5-6,8,10-11,13-14,16,23H,3-4,7,9,12H2,1-2H3,(H2,22,25). The highest BCUT2D eigenvalue weighted by Crippen LogP contribution is 2.36. The molecule has 1 heterocycles. The molecule has 0 radical (unpaired) electrons. The Hall–Kier alpha value is -2.40. The zero-order valence-electron chi connectivity index (χ0n) is 15.5. The monoisotopic (exact) mass is 353 g/mol. The number of aryl methyl sites for hydroxylation is 1. The summed E-state index contributed by atoms with van der Waals surface area (Å²) in [4.78, 5) is 15.5. The number of pyridine rings is 1. The lowest BCUT2D eigenvalue weighted by Crippen LogP contribution is -2.22. The average molecular weight is 353 g/mol. The number of carbonyl (C=O) groups is 1. The smallest absolute Gasteiger partial charge is 0.254 e. The fourth-order valence-electron chi connectivity index (χ4n) is 3.39. The number of nitrogens with one attached hydrogen (secondary N) is 1. The van der Waals surface area contributed by atoms with E-state index in [0.717, 1.165) is 37.6 Å². The zero-order valence-corrected chi connectivity index (χ0v) is 15.5. The van der Waals surface area contributed by atoms with Crippen molar-refractivity contribution < 1.29 is 9.53 Å². The third-order valence-electron chi connectivity index (χ3n) is 4.88. The molecule has 0 fully saturated rings. The lowest BCUT2D eigenvalue weighted by atomic mass is 10.0. The van der Waals surface area contributed by atoms with E-state index in [9.17, 15) is 4.79 Å². The number of nitrogens with zero attached hydrogens (tertiary/aromatic N) is 1. The van der Waals surface area contributed by atoms with Crippen molar-refractivity contribution in [3.63, 3.8) is 0 Å². The Bertz CT molecular complexity index is 774. The number of fused-ring (bicyclic) bond motifs is 1. The van der Waals surface area contributed by atoms with Gasteiger partial charge in [-0.25, -0.2) is 0 Å². The van der Waals surface area contributed by atoms with Crippen LogP contribution in [0.25, 0.3) is 0 Å². The lowest BCUT2D eigenvalue weighted by molar-refractivity contribution is 0.0997. The van der Waals surface area contributed by atoms with Crippen LogP contribution in [0.1, 0.15) is 54.1 Å². The third kappa shape index (κ3) is 4.41. The van der Waals surface area contributed by atoms with Gasteiger partial charge in [0.15, 0.2) is 0 Å². The maximum atomic E-state index is 11.5. The number of rotatable bonds is 8. The highest BCUT2D eigenvalue weighted by Gasteiger charge is 2.23. The second-order valence-corrected chi connectivity index (χ2v) is 7.32. The van der Waals surface area contributed by atoms with Crippen LogP contribution in [-0.2, 0) is 6.42 Å². The number of amides is 1. The molecule has 26 heavy (non-hydrogen) atoms. The van der Waals surface area contributed by atoms with Crippen LogP contribution in [0.3, 0.4) is 0 Å². The minimum absolute atomic E-state index is 0.292. The Kier molecular flexibility index (Phi) is 5.89. The van der Waals surface area contributed by atoms with Gasteiger partial charge in [-0.3, -0.25) is 9.78 Å². The number of carbonyl (C=O) groups excluding carboxylic acids is 1. The van der Waals surface area contributed by atoms with E-state index in [1.807, 2.05) is 6.07 Å². The number of hydrogen-bond acceptors (Lipinski definition) is 4. The SMILES string of the molecule is CC(C)CCNCC1CCc2ccc(Oc3ccncc3C(N)=O)cc21. The molecule has 1 amide bonds. The van der Waals surface area contributed by atoms with E-state index in [4.69, 9.17) is 10.5 Å². The largest absolute Gasteiger partial charge is 0.456 e. The van der Waals surface area contributed by atoms with E-state index >= 15 is 0 Å². The van der Waals surface area contributed by atoms with Crippen LogP contribution in [0.5, 0.6) is 11.5 Å². The van der Waals surface area contributed by atoms with Crippen molar-refractivity contribution in [1.29, 1.82) is 0 Å². The van der Waals surface area contributed by atoms with Gasteiger partial charge in [0.05, 0.1) is 0 Å². The van der Waals surface area contributed by atoms with Crippen LogP contribution in [0, 0.1) is 5.92 Å². The first-order chi connectivity index (χ1) is 12.5. The summed E-state index contributed by atoms with van der Waals surface area (Å²) in [6.07, 6.45) is 6.49. The van der Waals surface area contributed by atoms with Gasteiger partial charge in [-0.05, 0) is 67.0 Å². The molecule has 5 nitrogen and oxygen atoms in total. The molecule has 1 aliphatic carbocycles. The minimum Gasteiger partial charge on any atom is -0.456 e. The molecule has 1 unspecified atom stereocenters. The Morgan fingerprint density at radius 3 is 3.00 bits per heavy atom. The van der Waals surface area contributed by atoms with Crippen molar-refractivity contribution >= 4 is 5.91 Å². The van der Waals surface area contributed by atoms with Crippen molar-refractivity contribution in [3.8, 4) is 11.5 Å². The van der Waals surface area contributed by atoms with Gasteiger partial charge >= 0.3 is 0 Å². The van der Waals surface area contributed by atoms with Crippen molar-refractivity contribution in [3.05, 3.63) is 53.3 Å². The molecular weight excluding hydrogens is 326 g/mol. The van der Waals surface area contributed by atoms with Crippen molar-refractivity contribution in [1.82, 2.24) is 10.3 Å². The van der Waals surface area contributed by atoms with Crippen LogP contribution in [0.15, 0.2) is 36.7 Å². The van der Waals surface area contributed by atoms with E-state index in [1.165, 1.54) is 23.7 Å². The second kappa shape index (κ2) is 8.32. The summed E-state index contributed by atoms with van der Waals surface area (Å²) >= 11 is 0. The normalized spacial score (nSPS) is 15.9. The Morgan fingerprint density at radius 2 is 2.23 bits per heavy atom. The molecule has 1 aromatic carbocycles. The molecule has 3 rings (SSSR count). The van der Waals surface area contributed by atoms with Gasteiger partial charge < -0.3 is 15.8 Å². The number of ether oxygens (including phenoxy) is 1. The summed E-state index contributed by atoms with van der Waals surface area (Å²) < 4.78 is 5.94. The molecule has 0 aliphatic heterocycles. The summed E-state index contributed by atoms with van der Waals surface area (Å²) in [6.45, 7) is 6.54. The Balaban J connectivity index is 1.70. The molecule has 138 valence electrons. The Morgan fingerprint density at radius 1 is 1.38 bits per heavy atom. The number of primary amides is 1. The maximum Gasteiger partial charge on any atom is 0.254 e. The molecule has 0 bridgehead atoms. The topological polar surface area (TPSA) is 77.2 Å². The van der Waals surface area contributed by atoms with Gasteiger partial charge in [0.25, 0.3) is 5.91 Å². The highest BCUT2D eigenvalue weighted by molar-refractivity contribution is 5.95. The summed E-state index contributed by atoms with van der Waals surface area (Å²) in [5, 5.41) is 3.58.